The summed E-state index contributed by atoms with van der Waals surface area (Å²) in [5.74, 6) is -0.216. The van der Waals surface area contributed by atoms with E-state index in [0.717, 1.165) is 16.7 Å². The van der Waals surface area contributed by atoms with Gasteiger partial charge in [-0.1, -0.05) is 23.7 Å². The number of hydrogen-bond donors (Lipinski definition) is 0. The summed E-state index contributed by atoms with van der Waals surface area (Å²) in [6.07, 6.45) is 0. The molecule has 0 nitrogen and oxygen atoms in total. The average molecular weight is 263 g/mol. The van der Waals surface area contributed by atoms with Crippen molar-refractivity contribution in [3.05, 3.63) is 57.4 Å². The number of hydrogen-bond acceptors (Lipinski definition) is 0. The van der Waals surface area contributed by atoms with Crippen molar-refractivity contribution in [1.82, 2.24) is 0 Å². The topological polar surface area (TPSA) is 0 Å². The Morgan fingerprint density at radius 1 is 0.833 bits per heavy atom. The van der Waals surface area contributed by atoms with Gasteiger partial charge in [-0.15, -0.1) is 0 Å². The minimum Gasteiger partial charge on any atom is -0.207 e. The summed E-state index contributed by atoms with van der Waals surface area (Å²) in [7, 11) is 0. The molecule has 2 heteroatoms. The van der Waals surface area contributed by atoms with Gasteiger partial charge in [0.25, 0.3) is 0 Å². The van der Waals surface area contributed by atoms with Gasteiger partial charge in [-0.05, 0) is 67.6 Å². The molecule has 0 radical (unpaired) electrons. The molecule has 2 aromatic carbocycles. The first-order chi connectivity index (χ1) is 8.43. The monoisotopic (exact) mass is 262 g/mol. The predicted molar refractivity (Wildman–Crippen MR) is 75.8 cm³/mol. The Bertz CT molecular complexity index is 615. The smallest absolute Gasteiger partial charge is 0.126 e. The van der Waals surface area contributed by atoms with Gasteiger partial charge < -0.3 is 0 Å². The summed E-state index contributed by atoms with van der Waals surface area (Å²) in [6, 6.07) is 7.11. The van der Waals surface area contributed by atoms with Crippen LogP contribution >= 0.6 is 11.6 Å². The first kappa shape index (κ1) is 13.1. The zero-order valence-corrected chi connectivity index (χ0v) is 11.8. The second-order valence-electron chi connectivity index (χ2n) is 4.71. The zero-order chi connectivity index (χ0) is 13.4. The van der Waals surface area contributed by atoms with Gasteiger partial charge >= 0.3 is 0 Å². The zero-order valence-electron chi connectivity index (χ0n) is 11.1. The minimum absolute atomic E-state index is 0.216. The molecule has 2 rings (SSSR count). The fourth-order valence-corrected chi connectivity index (χ4v) is 2.52. The molecule has 0 aliphatic carbocycles. The van der Waals surface area contributed by atoms with Crippen LogP contribution in [-0.4, -0.2) is 0 Å². The van der Waals surface area contributed by atoms with Crippen molar-refractivity contribution in [3.8, 4) is 11.1 Å². The summed E-state index contributed by atoms with van der Waals surface area (Å²) < 4.78 is 13.7. The van der Waals surface area contributed by atoms with Crippen LogP contribution in [-0.2, 0) is 0 Å². The standard InChI is InChI=1S/C16H16ClF/c1-9-5-6-13(11(3)10(9)2)16-12(4)15(18)8-7-14(16)17/h5-8H,1-4H3. The van der Waals surface area contributed by atoms with Crippen LogP contribution in [0.1, 0.15) is 22.3 Å². The minimum atomic E-state index is -0.216. The third-order valence-electron chi connectivity index (χ3n) is 3.68. The van der Waals surface area contributed by atoms with Crippen molar-refractivity contribution in [1.29, 1.82) is 0 Å². The van der Waals surface area contributed by atoms with E-state index >= 15 is 0 Å². The highest BCUT2D eigenvalue weighted by atomic mass is 35.5. The molecule has 0 fully saturated rings. The first-order valence-corrected chi connectivity index (χ1v) is 6.33. The number of aryl methyl sites for hydroxylation is 1. The first-order valence-electron chi connectivity index (χ1n) is 5.95. The quantitative estimate of drug-likeness (QED) is 0.647. The summed E-state index contributed by atoms with van der Waals surface area (Å²) in [5.41, 5.74) is 6.05. The molecular weight excluding hydrogens is 247 g/mol. The van der Waals surface area contributed by atoms with Crippen LogP contribution in [0.25, 0.3) is 11.1 Å². The largest absolute Gasteiger partial charge is 0.207 e. The highest BCUT2D eigenvalue weighted by Gasteiger charge is 2.14. The van der Waals surface area contributed by atoms with Gasteiger partial charge in [0.1, 0.15) is 5.82 Å². The van der Waals surface area contributed by atoms with Gasteiger partial charge in [0.15, 0.2) is 0 Å². The van der Waals surface area contributed by atoms with Crippen LogP contribution in [0.3, 0.4) is 0 Å². The number of halogens is 2. The van der Waals surface area contributed by atoms with Crippen molar-refractivity contribution >= 4 is 11.6 Å². The van der Waals surface area contributed by atoms with Crippen molar-refractivity contribution in [2.24, 2.45) is 0 Å². The summed E-state index contributed by atoms with van der Waals surface area (Å²) in [5, 5.41) is 0.597. The second-order valence-corrected chi connectivity index (χ2v) is 5.12. The van der Waals surface area contributed by atoms with Crippen LogP contribution in [0, 0.1) is 33.5 Å². The lowest BCUT2D eigenvalue weighted by Gasteiger charge is -2.15. The van der Waals surface area contributed by atoms with Crippen molar-refractivity contribution < 1.29 is 4.39 Å². The lowest BCUT2D eigenvalue weighted by atomic mass is 9.91. The van der Waals surface area contributed by atoms with Crippen molar-refractivity contribution in [2.75, 3.05) is 0 Å². The third kappa shape index (κ3) is 2.04. The molecular formula is C16H16ClF. The third-order valence-corrected chi connectivity index (χ3v) is 3.99. The summed E-state index contributed by atoms with van der Waals surface area (Å²) in [6.45, 7) is 7.98. The Labute approximate surface area is 112 Å². The molecule has 0 aliphatic rings. The molecule has 0 bridgehead atoms. The molecule has 0 saturated heterocycles. The maximum absolute atomic E-state index is 13.7. The Kier molecular flexibility index (Phi) is 3.45. The molecule has 0 aromatic heterocycles. The van der Waals surface area contributed by atoms with E-state index in [1.54, 1.807) is 13.0 Å². The van der Waals surface area contributed by atoms with Gasteiger partial charge in [0.2, 0.25) is 0 Å². The Balaban J connectivity index is 2.78. The SMILES string of the molecule is Cc1ccc(-c2c(Cl)ccc(F)c2C)c(C)c1C. The Morgan fingerprint density at radius 2 is 1.50 bits per heavy atom. The average Bonchev–Trinajstić information content (AvgIpc) is 2.34. The molecule has 18 heavy (non-hydrogen) atoms. The van der Waals surface area contributed by atoms with Crippen LogP contribution in [0.2, 0.25) is 5.02 Å². The van der Waals surface area contributed by atoms with Crippen molar-refractivity contribution in [2.45, 2.75) is 27.7 Å². The molecule has 2 aromatic rings. The molecule has 0 spiro atoms. The predicted octanol–water partition coefficient (Wildman–Crippen LogP) is 5.38. The van der Waals surface area contributed by atoms with Gasteiger partial charge in [0, 0.05) is 10.6 Å². The van der Waals surface area contributed by atoms with Crippen LogP contribution in [0.4, 0.5) is 4.39 Å². The van der Waals surface area contributed by atoms with Gasteiger partial charge in [-0.3, -0.25) is 0 Å². The summed E-state index contributed by atoms with van der Waals surface area (Å²) >= 11 is 6.23. The molecule has 0 amide bonds. The highest BCUT2D eigenvalue weighted by Crippen LogP contribution is 2.36. The van der Waals surface area contributed by atoms with E-state index in [1.807, 2.05) is 6.07 Å². The lowest BCUT2D eigenvalue weighted by molar-refractivity contribution is 0.619. The highest BCUT2D eigenvalue weighted by molar-refractivity contribution is 6.33. The van der Waals surface area contributed by atoms with E-state index < -0.39 is 0 Å². The van der Waals surface area contributed by atoms with E-state index in [9.17, 15) is 4.39 Å². The number of rotatable bonds is 1. The maximum atomic E-state index is 13.7. The molecule has 0 atom stereocenters. The van der Waals surface area contributed by atoms with Crippen molar-refractivity contribution in [3.63, 3.8) is 0 Å². The Morgan fingerprint density at radius 3 is 2.17 bits per heavy atom. The molecule has 0 saturated carbocycles. The molecule has 0 heterocycles. The number of benzene rings is 2. The molecule has 0 aliphatic heterocycles. The normalized spacial score (nSPS) is 10.8. The lowest BCUT2D eigenvalue weighted by Crippen LogP contribution is -1.95. The van der Waals surface area contributed by atoms with Gasteiger partial charge in [-0.25, -0.2) is 4.39 Å². The van der Waals surface area contributed by atoms with E-state index in [2.05, 4.69) is 26.8 Å². The fraction of sp³-hybridized carbons (Fsp3) is 0.250. The molecule has 94 valence electrons. The Hall–Kier alpha value is -1.34. The van der Waals surface area contributed by atoms with Gasteiger partial charge in [-0.2, -0.15) is 0 Å². The second kappa shape index (κ2) is 4.74. The molecule has 0 unspecified atom stereocenters. The van der Waals surface area contributed by atoms with Crippen LogP contribution in [0.5, 0.6) is 0 Å². The van der Waals surface area contributed by atoms with Crippen LogP contribution in [0.15, 0.2) is 24.3 Å². The van der Waals surface area contributed by atoms with E-state index in [1.165, 1.54) is 17.2 Å². The maximum Gasteiger partial charge on any atom is 0.126 e. The van der Waals surface area contributed by atoms with Crippen LogP contribution < -0.4 is 0 Å². The van der Waals surface area contributed by atoms with E-state index in [-0.39, 0.29) is 5.82 Å². The molecule has 0 N–H and O–H groups in total. The van der Waals surface area contributed by atoms with Gasteiger partial charge in [0.05, 0.1) is 0 Å². The fourth-order valence-electron chi connectivity index (χ4n) is 2.21. The summed E-state index contributed by atoms with van der Waals surface area (Å²) in [4.78, 5) is 0. The van der Waals surface area contributed by atoms with E-state index in [4.69, 9.17) is 11.6 Å². The van der Waals surface area contributed by atoms with E-state index in [0.29, 0.717) is 10.6 Å².